The summed E-state index contributed by atoms with van der Waals surface area (Å²) in [5.41, 5.74) is 1.58. The molecule has 0 saturated heterocycles. The van der Waals surface area contributed by atoms with E-state index in [4.69, 9.17) is 0 Å². The first-order valence-corrected chi connectivity index (χ1v) is 10.2. The van der Waals surface area contributed by atoms with E-state index in [1.165, 1.54) is 17.8 Å². The molecule has 2 aromatic heterocycles. The number of benzene rings is 2. The fourth-order valence-corrected chi connectivity index (χ4v) is 3.91. The van der Waals surface area contributed by atoms with Gasteiger partial charge < -0.3 is 9.88 Å². The van der Waals surface area contributed by atoms with Gasteiger partial charge in [0, 0.05) is 30.0 Å². The van der Waals surface area contributed by atoms with E-state index >= 15 is 0 Å². The minimum Gasteiger partial charge on any atom is -0.348 e. The molecule has 0 atom stereocenters. The number of halogens is 1. The van der Waals surface area contributed by atoms with E-state index in [0.29, 0.717) is 27.7 Å². The van der Waals surface area contributed by atoms with Gasteiger partial charge in [0.1, 0.15) is 16.7 Å². The van der Waals surface area contributed by atoms with Crippen LogP contribution in [0, 0.1) is 12.7 Å². The molecule has 30 heavy (non-hydrogen) atoms. The summed E-state index contributed by atoms with van der Waals surface area (Å²) in [7, 11) is 0. The maximum absolute atomic E-state index is 14.6. The van der Waals surface area contributed by atoms with Crippen molar-refractivity contribution in [1.29, 1.82) is 0 Å². The standard InChI is InChI=1S/C23H19FN4OS/c1-16-25-12-13-28(16)21-10-9-17(14-20(21)24)15-27-22(29)19-8-5-11-26-23(19)30-18-6-3-2-4-7-18/h2-14H,15H2,1H3,(H,27,29). The third-order valence-electron chi connectivity index (χ3n) is 4.52. The van der Waals surface area contributed by atoms with Crippen molar-refractivity contribution in [1.82, 2.24) is 19.9 Å². The lowest BCUT2D eigenvalue weighted by atomic mass is 10.2. The van der Waals surface area contributed by atoms with Gasteiger partial charge in [-0.1, -0.05) is 36.0 Å². The highest BCUT2D eigenvalue weighted by Crippen LogP contribution is 2.28. The van der Waals surface area contributed by atoms with Crippen LogP contribution < -0.4 is 5.32 Å². The Labute approximate surface area is 178 Å². The van der Waals surface area contributed by atoms with Gasteiger partial charge in [0.2, 0.25) is 0 Å². The average molecular weight is 418 g/mol. The maximum atomic E-state index is 14.6. The summed E-state index contributed by atoms with van der Waals surface area (Å²) in [5.74, 6) is 0.0796. The van der Waals surface area contributed by atoms with Crippen molar-refractivity contribution >= 4 is 17.7 Å². The minimum atomic E-state index is -0.371. The Balaban J connectivity index is 1.47. The first kappa shape index (κ1) is 19.8. The lowest BCUT2D eigenvalue weighted by Gasteiger charge is -2.11. The second-order valence-electron chi connectivity index (χ2n) is 6.58. The lowest BCUT2D eigenvalue weighted by molar-refractivity contribution is 0.0947. The van der Waals surface area contributed by atoms with E-state index in [-0.39, 0.29) is 18.3 Å². The Hall–Kier alpha value is -3.45. The van der Waals surface area contributed by atoms with Crippen molar-refractivity contribution in [3.05, 3.63) is 102 Å². The molecule has 0 bridgehead atoms. The van der Waals surface area contributed by atoms with Crippen LogP contribution in [0.15, 0.2) is 89.2 Å². The number of amides is 1. The van der Waals surface area contributed by atoms with Crippen LogP contribution in [-0.4, -0.2) is 20.4 Å². The van der Waals surface area contributed by atoms with Crippen LogP contribution in [0.3, 0.4) is 0 Å². The number of carbonyl (C=O) groups is 1. The third-order valence-corrected chi connectivity index (χ3v) is 5.55. The highest BCUT2D eigenvalue weighted by molar-refractivity contribution is 7.99. The van der Waals surface area contributed by atoms with Crippen LogP contribution in [-0.2, 0) is 6.54 Å². The largest absolute Gasteiger partial charge is 0.348 e. The van der Waals surface area contributed by atoms with Gasteiger partial charge in [-0.05, 0) is 48.9 Å². The van der Waals surface area contributed by atoms with E-state index in [1.54, 1.807) is 47.4 Å². The summed E-state index contributed by atoms with van der Waals surface area (Å²) in [6.45, 7) is 2.02. The summed E-state index contributed by atoms with van der Waals surface area (Å²) >= 11 is 1.43. The molecule has 2 heterocycles. The topological polar surface area (TPSA) is 59.8 Å². The van der Waals surface area contributed by atoms with Gasteiger partial charge >= 0.3 is 0 Å². The van der Waals surface area contributed by atoms with E-state index in [0.717, 1.165) is 4.90 Å². The van der Waals surface area contributed by atoms with Crippen LogP contribution in [0.25, 0.3) is 5.69 Å². The minimum absolute atomic E-state index is 0.212. The zero-order valence-electron chi connectivity index (χ0n) is 16.2. The summed E-state index contributed by atoms with van der Waals surface area (Å²) in [4.78, 5) is 22.2. The summed E-state index contributed by atoms with van der Waals surface area (Å²) in [6.07, 6.45) is 5.00. The zero-order valence-corrected chi connectivity index (χ0v) is 17.1. The smallest absolute Gasteiger partial charge is 0.254 e. The molecule has 0 spiro atoms. The quantitative estimate of drug-likeness (QED) is 0.489. The normalized spacial score (nSPS) is 10.7. The van der Waals surface area contributed by atoms with Crippen LogP contribution in [0.5, 0.6) is 0 Å². The Morgan fingerprint density at radius 3 is 2.63 bits per heavy atom. The second kappa shape index (κ2) is 8.92. The molecule has 0 radical (unpaired) electrons. The van der Waals surface area contributed by atoms with Crippen LogP contribution in [0.4, 0.5) is 4.39 Å². The average Bonchev–Trinajstić information content (AvgIpc) is 3.19. The predicted octanol–water partition coefficient (Wildman–Crippen LogP) is 4.80. The van der Waals surface area contributed by atoms with E-state index in [9.17, 15) is 9.18 Å². The molecular formula is C23H19FN4OS. The van der Waals surface area contributed by atoms with Gasteiger partial charge in [-0.3, -0.25) is 4.79 Å². The molecular weight excluding hydrogens is 399 g/mol. The molecule has 5 nitrogen and oxygen atoms in total. The first-order valence-electron chi connectivity index (χ1n) is 9.36. The molecule has 0 saturated carbocycles. The molecule has 2 aromatic carbocycles. The SMILES string of the molecule is Cc1nccn1-c1ccc(CNC(=O)c2cccnc2Sc2ccccc2)cc1F. The number of rotatable bonds is 6. The highest BCUT2D eigenvalue weighted by Gasteiger charge is 2.14. The molecule has 0 unspecified atom stereocenters. The van der Waals surface area contributed by atoms with Crippen LogP contribution >= 0.6 is 11.8 Å². The molecule has 150 valence electrons. The fraction of sp³-hybridized carbons (Fsp3) is 0.0870. The van der Waals surface area contributed by atoms with Crippen molar-refractivity contribution in [2.75, 3.05) is 0 Å². The maximum Gasteiger partial charge on any atom is 0.254 e. The number of hydrogen-bond acceptors (Lipinski definition) is 4. The van der Waals surface area contributed by atoms with Gasteiger partial charge in [0.05, 0.1) is 11.3 Å². The molecule has 4 rings (SSSR count). The van der Waals surface area contributed by atoms with E-state index in [2.05, 4.69) is 15.3 Å². The summed E-state index contributed by atoms with van der Waals surface area (Å²) in [5, 5.41) is 3.48. The Morgan fingerprint density at radius 1 is 1.07 bits per heavy atom. The molecule has 4 aromatic rings. The number of imidazole rings is 1. The van der Waals surface area contributed by atoms with Gasteiger partial charge in [0.25, 0.3) is 5.91 Å². The Morgan fingerprint density at radius 2 is 1.90 bits per heavy atom. The monoisotopic (exact) mass is 418 g/mol. The number of hydrogen-bond donors (Lipinski definition) is 1. The highest BCUT2D eigenvalue weighted by atomic mass is 32.2. The number of nitrogens with one attached hydrogen (secondary N) is 1. The van der Waals surface area contributed by atoms with Gasteiger partial charge in [-0.2, -0.15) is 0 Å². The van der Waals surface area contributed by atoms with E-state index < -0.39 is 0 Å². The Bertz CT molecular complexity index is 1180. The lowest BCUT2D eigenvalue weighted by Crippen LogP contribution is -2.23. The van der Waals surface area contributed by atoms with Crippen molar-refractivity contribution < 1.29 is 9.18 Å². The van der Waals surface area contributed by atoms with E-state index in [1.807, 2.05) is 37.3 Å². The van der Waals surface area contributed by atoms with Crippen LogP contribution in [0.1, 0.15) is 21.7 Å². The summed E-state index contributed by atoms with van der Waals surface area (Å²) in [6, 6.07) is 18.1. The van der Waals surface area contributed by atoms with Gasteiger partial charge in [-0.25, -0.2) is 14.4 Å². The molecule has 1 N–H and O–H groups in total. The second-order valence-corrected chi connectivity index (χ2v) is 7.65. The van der Waals surface area contributed by atoms with Crippen molar-refractivity contribution in [2.45, 2.75) is 23.4 Å². The predicted molar refractivity (Wildman–Crippen MR) is 114 cm³/mol. The molecule has 0 aliphatic carbocycles. The molecule has 7 heteroatoms. The van der Waals surface area contributed by atoms with Gasteiger partial charge in [0.15, 0.2) is 0 Å². The van der Waals surface area contributed by atoms with Gasteiger partial charge in [-0.15, -0.1) is 0 Å². The molecule has 0 aliphatic heterocycles. The first-order chi connectivity index (χ1) is 14.6. The molecule has 0 aliphatic rings. The molecule has 1 amide bonds. The number of nitrogens with zero attached hydrogens (tertiary/aromatic N) is 3. The third kappa shape index (κ3) is 4.41. The number of aryl methyl sites for hydroxylation is 1. The number of pyridine rings is 1. The van der Waals surface area contributed by atoms with Crippen molar-refractivity contribution in [2.24, 2.45) is 0 Å². The number of carbonyl (C=O) groups excluding carboxylic acids is 1. The number of aromatic nitrogens is 3. The zero-order chi connectivity index (χ0) is 20.9. The van der Waals surface area contributed by atoms with Crippen LogP contribution in [0.2, 0.25) is 0 Å². The molecule has 0 fully saturated rings. The van der Waals surface area contributed by atoms with Crippen molar-refractivity contribution in [3.8, 4) is 5.69 Å². The fourth-order valence-electron chi connectivity index (χ4n) is 3.01. The summed E-state index contributed by atoms with van der Waals surface area (Å²) < 4.78 is 16.3. The Kier molecular flexibility index (Phi) is 5.90. The van der Waals surface area contributed by atoms with Crippen molar-refractivity contribution in [3.63, 3.8) is 0 Å².